The second-order valence-corrected chi connectivity index (χ2v) is 5.20. The average molecular weight is 315 g/mol. The van der Waals surface area contributed by atoms with Gasteiger partial charge < -0.3 is 20.1 Å². The van der Waals surface area contributed by atoms with Crippen LogP contribution in [-0.4, -0.2) is 43.9 Å². The van der Waals surface area contributed by atoms with Gasteiger partial charge in [-0.2, -0.15) is 0 Å². The van der Waals surface area contributed by atoms with E-state index < -0.39 is 6.10 Å². The van der Waals surface area contributed by atoms with E-state index in [2.05, 4.69) is 0 Å². The lowest BCUT2D eigenvalue weighted by molar-refractivity contribution is -0.154. The van der Waals surface area contributed by atoms with Crippen molar-refractivity contribution in [1.29, 1.82) is 0 Å². The van der Waals surface area contributed by atoms with Gasteiger partial charge >= 0.3 is 5.97 Å². The SMILES string of the molecule is COC(=O)C1CN(c2ccc(C(N)=S)c(Cl)c2)CCO1. The monoisotopic (exact) mass is 314 g/mol. The first kappa shape index (κ1) is 15.0. The molecule has 1 aliphatic heterocycles. The van der Waals surface area contributed by atoms with E-state index in [4.69, 9.17) is 39.0 Å². The van der Waals surface area contributed by atoms with Crippen LogP contribution in [0.5, 0.6) is 0 Å². The number of thiocarbonyl (C=S) groups is 1. The highest BCUT2D eigenvalue weighted by molar-refractivity contribution is 7.80. The Kier molecular flexibility index (Phi) is 4.80. The second kappa shape index (κ2) is 6.39. The van der Waals surface area contributed by atoms with Crippen LogP contribution in [0, 0.1) is 0 Å². The Balaban J connectivity index is 2.17. The summed E-state index contributed by atoms with van der Waals surface area (Å²) in [5, 5.41) is 0.496. The Morgan fingerprint density at radius 2 is 2.35 bits per heavy atom. The molecule has 1 saturated heterocycles. The van der Waals surface area contributed by atoms with Gasteiger partial charge in [0.25, 0.3) is 0 Å². The minimum absolute atomic E-state index is 0.260. The van der Waals surface area contributed by atoms with Gasteiger partial charge in [-0.15, -0.1) is 0 Å². The first-order valence-corrected chi connectivity index (χ1v) is 6.85. The third kappa shape index (κ3) is 3.20. The molecule has 108 valence electrons. The van der Waals surface area contributed by atoms with E-state index in [9.17, 15) is 4.79 Å². The minimum atomic E-state index is -0.581. The maximum atomic E-state index is 11.5. The number of benzene rings is 1. The molecule has 1 heterocycles. The molecule has 1 unspecified atom stereocenters. The number of esters is 1. The molecule has 0 spiro atoms. The summed E-state index contributed by atoms with van der Waals surface area (Å²) < 4.78 is 10.1. The quantitative estimate of drug-likeness (QED) is 0.671. The first-order valence-electron chi connectivity index (χ1n) is 6.06. The van der Waals surface area contributed by atoms with Crippen LogP contribution in [0.15, 0.2) is 18.2 Å². The van der Waals surface area contributed by atoms with Crippen LogP contribution in [0.4, 0.5) is 5.69 Å². The van der Waals surface area contributed by atoms with E-state index in [0.717, 1.165) is 5.69 Å². The predicted octanol–water partition coefficient (Wildman–Crippen LogP) is 1.35. The Morgan fingerprint density at radius 1 is 1.60 bits per heavy atom. The minimum Gasteiger partial charge on any atom is -0.467 e. The molecule has 1 aromatic rings. The predicted molar refractivity (Wildman–Crippen MR) is 81.3 cm³/mol. The molecule has 2 N–H and O–H groups in total. The molecule has 1 aliphatic rings. The third-order valence-corrected chi connectivity index (χ3v) is 3.65. The lowest BCUT2D eigenvalue weighted by Gasteiger charge is -2.33. The summed E-state index contributed by atoms with van der Waals surface area (Å²) in [4.78, 5) is 13.8. The topological polar surface area (TPSA) is 64.8 Å². The van der Waals surface area contributed by atoms with Gasteiger partial charge in [-0.3, -0.25) is 0 Å². The van der Waals surface area contributed by atoms with Crippen LogP contribution in [-0.2, 0) is 14.3 Å². The summed E-state index contributed by atoms with van der Waals surface area (Å²) in [6.07, 6.45) is -0.581. The fourth-order valence-electron chi connectivity index (χ4n) is 2.06. The molecule has 0 saturated carbocycles. The van der Waals surface area contributed by atoms with Crippen molar-refractivity contribution in [3.63, 3.8) is 0 Å². The van der Waals surface area contributed by atoms with E-state index in [-0.39, 0.29) is 11.0 Å². The van der Waals surface area contributed by atoms with Crippen molar-refractivity contribution in [3.8, 4) is 0 Å². The van der Waals surface area contributed by atoms with Crippen LogP contribution < -0.4 is 10.6 Å². The first-order chi connectivity index (χ1) is 9.52. The zero-order valence-electron chi connectivity index (χ0n) is 11.0. The number of ether oxygens (including phenoxy) is 2. The van der Waals surface area contributed by atoms with Crippen molar-refractivity contribution in [1.82, 2.24) is 0 Å². The van der Waals surface area contributed by atoms with Crippen LogP contribution in [0.2, 0.25) is 5.02 Å². The molecule has 1 atom stereocenters. The zero-order valence-corrected chi connectivity index (χ0v) is 12.5. The molecular formula is C13H15ClN2O3S. The number of carbonyl (C=O) groups is 1. The fourth-order valence-corrected chi connectivity index (χ4v) is 2.57. The van der Waals surface area contributed by atoms with Crippen molar-refractivity contribution in [2.24, 2.45) is 5.73 Å². The number of anilines is 1. The lowest BCUT2D eigenvalue weighted by Crippen LogP contribution is -2.46. The van der Waals surface area contributed by atoms with Crippen LogP contribution in [0.3, 0.4) is 0 Å². The number of nitrogens with two attached hydrogens (primary N) is 1. The number of hydrogen-bond donors (Lipinski definition) is 1. The number of hydrogen-bond acceptors (Lipinski definition) is 5. The fraction of sp³-hybridized carbons (Fsp3) is 0.385. The van der Waals surface area contributed by atoms with Gasteiger partial charge in [0.05, 0.1) is 25.3 Å². The molecule has 1 aromatic carbocycles. The van der Waals surface area contributed by atoms with Gasteiger partial charge in [-0.05, 0) is 18.2 Å². The summed E-state index contributed by atoms with van der Waals surface area (Å²) in [5.41, 5.74) is 7.11. The highest BCUT2D eigenvalue weighted by atomic mass is 35.5. The standard InChI is InChI=1S/C13H15ClN2O3S/c1-18-13(17)11-7-16(4-5-19-11)8-2-3-9(12(15)20)10(14)6-8/h2-3,6,11H,4-5,7H2,1H3,(H2,15,20). The van der Waals surface area contributed by atoms with Crippen LogP contribution in [0.1, 0.15) is 5.56 Å². The van der Waals surface area contributed by atoms with Crippen LogP contribution in [0.25, 0.3) is 0 Å². The Hall–Kier alpha value is -1.37. The summed E-state index contributed by atoms with van der Waals surface area (Å²) in [5.74, 6) is -0.374. The number of carbonyl (C=O) groups excluding carboxylic acids is 1. The Bertz CT molecular complexity index is 538. The maximum Gasteiger partial charge on any atom is 0.336 e. The van der Waals surface area contributed by atoms with E-state index >= 15 is 0 Å². The molecule has 0 radical (unpaired) electrons. The third-order valence-electron chi connectivity index (χ3n) is 3.11. The number of halogens is 1. The Morgan fingerprint density at radius 3 is 2.95 bits per heavy atom. The van der Waals surface area contributed by atoms with E-state index in [0.29, 0.717) is 30.3 Å². The molecule has 5 nitrogen and oxygen atoms in total. The Labute approximate surface area is 127 Å². The zero-order chi connectivity index (χ0) is 14.7. The van der Waals surface area contributed by atoms with Gasteiger partial charge in [-0.25, -0.2) is 4.79 Å². The summed E-state index contributed by atoms with van der Waals surface area (Å²) in [6.45, 7) is 1.56. The summed E-state index contributed by atoms with van der Waals surface area (Å²) >= 11 is 11.1. The van der Waals surface area contributed by atoms with Crippen molar-refractivity contribution >= 4 is 40.5 Å². The van der Waals surface area contributed by atoms with Gasteiger partial charge in [-0.1, -0.05) is 23.8 Å². The van der Waals surface area contributed by atoms with Crippen molar-refractivity contribution in [2.75, 3.05) is 31.7 Å². The van der Waals surface area contributed by atoms with Crippen molar-refractivity contribution in [2.45, 2.75) is 6.10 Å². The van der Waals surface area contributed by atoms with Gasteiger partial charge in [0, 0.05) is 17.8 Å². The molecular weight excluding hydrogens is 300 g/mol. The average Bonchev–Trinajstić information content (AvgIpc) is 2.46. The molecule has 0 bridgehead atoms. The molecule has 7 heteroatoms. The van der Waals surface area contributed by atoms with E-state index in [1.165, 1.54) is 7.11 Å². The number of nitrogens with zero attached hydrogens (tertiary/aromatic N) is 1. The molecule has 0 aliphatic carbocycles. The second-order valence-electron chi connectivity index (χ2n) is 4.36. The van der Waals surface area contributed by atoms with Gasteiger partial charge in [0.1, 0.15) is 4.99 Å². The molecule has 0 aromatic heterocycles. The van der Waals surface area contributed by atoms with Crippen LogP contribution >= 0.6 is 23.8 Å². The van der Waals surface area contributed by atoms with Crippen molar-refractivity contribution in [3.05, 3.63) is 28.8 Å². The molecule has 2 rings (SSSR count). The maximum absolute atomic E-state index is 11.5. The number of morpholine rings is 1. The number of rotatable bonds is 3. The number of methoxy groups -OCH3 is 1. The molecule has 1 fully saturated rings. The summed E-state index contributed by atoms with van der Waals surface area (Å²) in [7, 11) is 1.35. The highest BCUT2D eigenvalue weighted by Crippen LogP contribution is 2.25. The smallest absolute Gasteiger partial charge is 0.336 e. The van der Waals surface area contributed by atoms with E-state index in [1.807, 2.05) is 11.0 Å². The van der Waals surface area contributed by atoms with Gasteiger partial charge in [0.2, 0.25) is 0 Å². The molecule has 20 heavy (non-hydrogen) atoms. The highest BCUT2D eigenvalue weighted by Gasteiger charge is 2.27. The summed E-state index contributed by atoms with van der Waals surface area (Å²) in [6, 6.07) is 5.44. The largest absolute Gasteiger partial charge is 0.467 e. The normalized spacial score (nSPS) is 18.7. The lowest BCUT2D eigenvalue weighted by atomic mass is 10.1. The van der Waals surface area contributed by atoms with Crippen molar-refractivity contribution < 1.29 is 14.3 Å². The molecule has 0 amide bonds. The van der Waals surface area contributed by atoms with Gasteiger partial charge in [0.15, 0.2) is 6.10 Å². The van der Waals surface area contributed by atoms with E-state index in [1.54, 1.807) is 12.1 Å².